The first-order valence-electron chi connectivity index (χ1n) is 7.60. The topological polar surface area (TPSA) is 81.2 Å². The summed E-state index contributed by atoms with van der Waals surface area (Å²) in [4.78, 5) is 40.7. The summed E-state index contributed by atoms with van der Waals surface area (Å²) in [6, 6.07) is 0. The molecule has 1 saturated carbocycles. The molecule has 22 heavy (non-hydrogen) atoms. The lowest BCUT2D eigenvalue weighted by molar-refractivity contribution is -0.142. The van der Waals surface area contributed by atoms with E-state index < -0.39 is 23.2 Å². The molecule has 0 aromatic carbocycles. The Morgan fingerprint density at radius 2 is 1.64 bits per heavy atom. The van der Waals surface area contributed by atoms with E-state index >= 15 is 0 Å². The summed E-state index contributed by atoms with van der Waals surface area (Å²) in [5.74, 6) is -1.89. The minimum Gasteiger partial charge on any atom is -0.481 e. The molecule has 7 heteroatoms. The van der Waals surface area contributed by atoms with E-state index in [1.54, 1.807) is 23.9 Å². The number of hydrogen-bond donors (Lipinski definition) is 1. The average Bonchev–Trinajstić information content (AvgIpc) is 3.01. The molecule has 1 heterocycles. The van der Waals surface area contributed by atoms with E-state index in [1.165, 1.54) is 0 Å². The lowest BCUT2D eigenvalue weighted by atomic mass is 10.1. The number of carbonyl (C=O) groups is 3. The molecule has 0 radical (unpaired) electrons. The van der Waals surface area contributed by atoms with Crippen LogP contribution in [0, 0.1) is 17.3 Å². The third kappa shape index (κ3) is 3.09. The normalized spacial score (nSPS) is 27.4. The number of likely N-dealkylation sites (N-methyl/N-ethyl adjacent to an activating group) is 1. The van der Waals surface area contributed by atoms with Crippen LogP contribution in [0.2, 0.25) is 0 Å². The van der Waals surface area contributed by atoms with E-state index in [0.29, 0.717) is 32.7 Å². The summed E-state index contributed by atoms with van der Waals surface area (Å²) >= 11 is 0. The number of nitrogens with zero attached hydrogens (tertiary/aromatic N) is 3. The number of carboxylic acid groups (broad SMARTS) is 1. The van der Waals surface area contributed by atoms with Gasteiger partial charge >= 0.3 is 5.97 Å². The molecule has 2 atom stereocenters. The van der Waals surface area contributed by atoms with Crippen LogP contribution < -0.4 is 0 Å². The molecule has 1 aliphatic carbocycles. The highest BCUT2D eigenvalue weighted by molar-refractivity contribution is 5.91. The van der Waals surface area contributed by atoms with Gasteiger partial charge < -0.3 is 14.9 Å². The molecule has 0 aromatic rings. The zero-order valence-electron chi connectivity index (χ0n) is 13.7. The summed E-state index contributed by atoms with van der Waals surface area (Å²) in [6.07, 6.45) is 0. The van der Waals surface area contributed by atoms with Crippen molar-refractivity contribution in [2.45, 2.75) is 13.8 Å². The Bertz CT molecular complexity index is 481. The Labute approximate surface area is 130 Å². The third-order valence-corrected chi connectivity index (χ3v) is 4.90. The second-order valence-corrected chi connectivity index (χ2v) is 7.00. The molecule has 0 spiro atoms. The van der Waals surface area contributed by atoms with Gasteiger partial charge in [-0.05, 0) is 5.41 Å². The van der Waals surface area contributed by atoms with E-state index in [2.05, 4.69) is 0 Å². The number of carboxylic acids is 1. The van der Waals surface area contributed by atoms with Crippen molar-refractivity contribution in [3.05, 3.63) is 0 Å². The molecule has 0 bridgehead atoms. The smallest absolute Gasteiger partial charge is 0.307 e. The quantitative estimate of drug-likeness (QED) is 0.762. The molecule has 2 unspecified atom stereocenters. The molecule has 1 N–H and O–H groups in total. The van der Waals surface area contributed by atoms with Crippen LogP contribution in [-0.2, 0) is 14.4 Å². The van der Waals surface area contributed by atoms with Gasteiger partial charge in [0.15, 0.2) is 0 Å². The SMILES string of the molecule is CN(C)C(=O)CN1CCN(C(=O)C2C(C(=O)O)C2(C)C)CC1. The fourth-order valence-corrected chi connectivity index (χ4v) is 3.22. The van der Waals surface area contributed by atoms with Crippen molar-refractivity contribution in [1.82, 2.24) is 14.7 Å². The summed E-state index contributed by atoms with van der Waals surface area (Å²) in [5.41, 5.74) is -0.457. The second kappa shape index (κ2) is 5.87. The van der Waals surface area contributed by atoms with Gasteiger partial charge in [0, 0.05) is 40.3 Å². The summed E-state index contributed by atoms with van der Waals surface area (Å²) in [7, 11) is 3.45. The van der Waals surface area contributed by atoms with Gasteiger partial charge in [-0.2, -0.15) is 0 Å². The van der Waals surface area contributed by atoms with Crippen LogP contribution in [0.25, 0.3) is 0 Å². The van der Waals surface area contributed by atoms with E-state index in [9.17, 15) is 19.5 Å². The van der Waals surface area contributed by atoms with Crippen molar-refractivity contribution in [3.8, 4) is 0 Å². The van der Waals surface area contributed by atoms with E-state index in [0.717, 1.165) is 0 Å². The monoisotopic (exact) mass is 311 g/mol. The van der Waals surface area contributed by atoms with E-state index in [4.69, 9.17) is 0 Å². The number of rotatable bonds is 4. The van der Waals surface area contributed by atoms with Crippen molar-refractivity contribution >= 4 is 17.8 Å². The summed E-state index contributed by atoms with van der Waals surface area (Å²) < 4.78 is 0. The van der Waals surface area contributed by atoms with Crippen LogP contribution in [0.3, 0.4) is 0 Å². The van der Waals surface area contributed by atoms with Crippen LogP contribution >= 0.6 is 0 Å². The largest absolute Gasteiger partial charge is 0.481 e. The fourth-order valence-electron chi connectivity index (χ4n) is 3.22. The van der Waals surface area contributed by atoms with Gasteiger partial charge in [-0.15, -0.1) is 0 Å². The lowest BCUT2D eigenvalue weighted by Crippen LogP contribution is -2.51. The first-order valence-corrected chi connectivity index (χ1v) is 7.60. The van der Waals surface area contributed by atoms with E-state index in [1.807, 2.05) is 18.7 Å². The predicted molar refractivity (Wildman–Crippen MR) is 80.1 cm³/mol. The lowest BCUT2D eigenvalue weighted by Gasteiger charge is -2.35. The maximum absolute atomic E-state index is 12.5. The van der Waals surface area contributed by atoms with Gasteiger partial charge in [-0.25, -0.2) is 0 Å². The Morgan fingerprint density at radius 3 is 2.05 bits per heavy atom. The number of piperazine rings is 1. The molecule has 2 fully saturated rings. The molecule has 2 rings (SSSR count). The number of hydrogen-bond acceptors (Lipinski definition) is 4. The number of amides is 2. The zero-order valence-corrected chi connectivity index (χ0v) is 13.7. The maximum atomic E-state index is 12.5. The van der Waals surface area contributed by atoms with Crippen LogP contribution in [0.4, 0.5) is 0 Å². The molecular weight excluding hydrogens is 286 g/mol. The van der Waals surface area contributed by atoms with Gasteiger partial charge in [-0.1, -0.05) is 13.8 Å². The molecular formula is C15H25N3O4. The first kappa shape index (κ1) is 16.7. The Kier molecular flexibility index (Phi) is 4.47. The molecule has 124 valence electrons. The molecule has 2 aliphatic rings. The number of aliphatic carboxylic acids is 1. The van der Waals surface area contributed by atoms with Crippen molar-refractivity contribution in [3.63, 3.8) is 0 Å². The standard InChI is InChI=1S/C15H25N3O4/c1-15(2)11(12(15)14(21)22)13(20)18-7-5-17(6-8-18)9-10(19)16(3)4/h11-12H,5-9H2,1-4H3,(H,21,22). The minimum atomic E-state index is -0.890. The number of carbonyl (C=O) groups excluding carboxylic acids is 2. The van der Waals surface area contributed by atoms with Gasteiger partial charge in [0.25, 0.3) is 0 Å². The third-order valence-electron chi connectivity index (χ3n) is 4.90. The van der Waals surface area contributed by atoms with Crippen molar-refractivity contribution < 1.29 is 19.5 Å². The van der Waals surface area contributed by atoms with Crippen LogP contribution in [0.15, 0.2) is 0 Å². The van der Waals surface area contributed by atoms with Gasteiger partial charge in [0.05, 0.1) is 18.4 Å². The second-order valence-electron chi connectivity index (χ2n) is 7.00. The highest BCUT2D eigenvalue weighted by atomic mass is 16.4. The van der Waals surface area contributed by atoms with Gasteiger partial charge in [0.2, 0.25) is 11.8 Å². The van der Waals surface area contributed by atoms with Crippen LogP contribution in [-0.4, -0.2) is 84.4 Å². The van der Waals surface area contributed by atoms with Crippen molar-refractivity contribution in [1.29, 1.82) is 0 Å². The van der Waals surface area contributed by atoms with Crippen molar-refractivity contribution in [2.24, 2.45) is 17.3 Å². The molecule has 1 saturated heterocycles. The Balaban J connectivity index is 1.86. The molecule has 7 nitrogen and oxygen atoms in total. The predicted octanol–water partition coefficient (Wildman–Crippen LogP) is -0.424. The minimum absolute atomic E-state index is 0.0500. The highest BCUT2D eigenvalue weighted by Gasteiger charge is 2.66. The Hall–Kier alpha value is -1.63. The summed E-state index contributed by atoms with van der Waals surface area (Å²) in [5, 5.41) is 9.18. The van der Waals surface area contributed by atoms with Gasteiger partial charge in [-0.3, -0.25) is 19.3 Å². The molecule has 0 aromatic heterocycles. The van der Waals surface area contributed by atoms with Crippen LogP contribution in [0.1, 0.15) is 13.8 Å². The van der Waals surface area contributed by atoms with Crippen molar-refractivity contribution in [2.75, 3.05) is 46.8 Å². The zero-order chi connectivity index (χ0) is 16.7. The van der Waals surface area contributed by atoms with E-state index in [-0.39, 0.29) is 11.8 Å². The first-order chi connectivity index (χ1) is 10.2. The molecule has 2 amide bonds. The maximum Gasteiger partial charge on any atom is 0.307 e. The van der Waals surface area contributed by atoms with Crippen LogP contribution in [0.5, 0.6) is 0 Å². The van der Waals surface area contributed by atoms with Gasteiger partial charge in [0.1, 0.15) is 0 Å². The Morgan fingerprint density at radius 1 is 1.09 bits per heavy atom. The fraction of sp³-hybridized carbons (Fsp3) is 0.800. The summed E-state index contributed by atoms with van der Waals surface area (Å²) in [6.45, 7) is 6.44. The molecule has 1 aliphatic heterocycles. The highest BCUT2D eigenvalue weighted by Crippen LogP contribution is 2.59. The average molecular weight is 311 g/mol.